The van der Waals surface area contributed by atoms with Crippen molar-refractivity contribution < 1.29 is 22.7 Å². The highest BCUT2D eigenvalue weighted by Crippen LogP contribution is 2.19. The van der Waals surface area contributed by atoms with Crippen LogP contribution in [0.2, 0.25) is 0 Å². The molecule has 0 saturated heterocycles. The van der Waals surface area contributed by atoms with Gasteiger partial charge in [-0.25, -0.2) is 0 Å². The van der Waals surface area contributed by atoms with Crippen molar-refractivity contribution in [3.8, 4) is 0 Å². The lowest BCUT2D eigenvalue weighted by Gasteiger charge is -2.07. The predicted molar refractivity (Wildman–Crippen MR) is 50.5 cm³/mol. The number of benzene rings is 1. The Morgan fingerprint density at radius 3 is 2.47 bits per heavy atom. The van der Waals surface area contributed by atoms with Gasteiger partial charge < -0.3 is 0 Å². The second-order valence-electron chi connectivity index (χ2n) is 2.64. The van der Waals surface area contributed by atoms with Gasteiger partial charge in [-0.05, 0) is 6.07 Å². The minimum atomic E-state index is -4.78. The zero-order valence-electron chi connectivity index (χ0n) is 7.34. The molecule has 0 unspecified atom stereocenters. The summed E-state index contributed by atoms with van der Waals surface area (Å²) in [5.41, 5.74) is 0.168. The maximum atomic E-state index is 11.6. The smallest absolute Gasteiger partial charge is 0.292 e. The number of rotatable bonds is 3. The molecule has 1 aromatic rings. The molecule has 0 saturated carbocycles. The summed E-state index contributed by atoms with van der Waals surface area (Å²) in [4.78, 5) is 11.3. The first kappa shape index (κ1) is 12.2. The highest BCUT2D eigenvalue weighted by Gasteiger charge is 2.30. The topological polar surface area (TPSA) is 26.3 Å². The molecule has 0 bridgehead atoms. The summed E-state index contributed by atoms with van der Waals surface area (Å²) in [7, 11) is 0. The van der Waals surface area contributed by atoms with Gasteiger partial charge in [-0.1, -0.05) is 34.1 Å². The number of ether oxygens (including phenoxy) is 1. The molecule has 0 fully saturated rings. The number of hydrogen-bond donors (Lipinski definition) is 0. The monoisotopic (exact) mass is 282 g/mol. The van der Waals surface area contributed by atoms with E-state index in [9.17, 15) is 18.0 Å². The number of Topliss-reactive ketones (excluding diaryl/α,β-unsaturated/α-hetero) is 1. The molecule has 0 aromatic heterocycles. The molecule has 2 nitrogen and oxygen atoms in total. The molecule has 0 atom stereocenters. The standard InChI is InChI=1S/C9H6BrF3O2/c10-7-4-2-1-3-6(7)8(14)5-15-9(11,12)13/h1-4H,5H2. The molecular formula is C9H6BrF3O2. The van der Waals surface area contributed by atoms with Crippen molar-refractivity contribution in [3.05, 3.63) is 34.3 Å². The van der Waals surface area contributed by atoms with E-state index in [0.29, 0.717) is 4.47 Å². The molecular weight excluding hydrogens is 277 g/mol. The fourth-order valence-corrected chi connectivity index (χ4v) is 1.42. The fraction of sp³-hybridized carbons (Fsp3) is 0.222. The lowest BCUT2D eigenvalue weighted by atomic mass is 10.1. The van der Waals surface area contributed by atoms with Gasteiger partial charge in [-0.15, -0.1) is 13.2 Å². The maximum Gasteiger partial charge on any atom is 0.522 e. The molecule has 6 heteroatoms. The Morgan fingerprint density at radius 2 is 1.93 bits per heavy atom. The van der Waals surface area contributed by atoms with E-state index in [1.54, 1.807) is 18.2 Å². The van der Waals surface area contributed by atoms with E-state index in [1.807, 2.05) is 0 Å². The minimum absolute atomic E-state index is 0.168. The van der Waals surface area contributed by atoms with Gasteiger partial charge in [-0.2, -0.15) is 0 Å². The third-order valence-corrected chi connectivity index (χ3v) is 2.23. The number of halogens is 4. The van der Waals surface area contributed by atoms with Gasteiger partial charge in [0.25, 0.3) is 0 Å². The van der Waals surface area contributed by atoms with Crippen molar-refractivity contribution in [1.82, 2.24) is 0 Å². The van der Waals surface area contributed by atoms with Crippen LogP contribution in [0.5, 0.6) is 0 Å². The van der Waals surface area contributed by atoms with Crippen molar-refractivity contribution in [2.24, 2.45) is 0 Å². The third-order valence-electron chi connectivity index (χ3n) is 1.54. The van der Waals surface area contributed by atoms with Crippen molar-refractivity contribution in [3.63, 3.8) is 0 Å². The van der Waals surface area contributed by atoms with E-state index in [-0.39, 0.29) is 5.56 Å². The summed E-state index contributed by atoms with van der Waals surface area (Å²) in [6.07, 6.45) is -4.78. The van der Waals surface area contributed by atoms with Crippen LogP contribution in [-0.2, 0) is 4.74 Å². The highest BCUT2D eigenvalue weighted by atomic mass is 79.9. The van der Waals surface area contributed by atoms with Gasteiger partial charge in [0.2, 0.25) is 0 Å². The Labute approximate surface area is 92.2 Å². The Bertz CT molecular complexity index is 363. The normalized spacial score (nSPS) is 11.5. The molecule has 0 amide bonds. The summed E-state index contributed by atoms with van der Waals surface area (Å²) < 4.78 is 38.8. The van der Waals surface area contributed by atoms with Crippen LogP contribution in [0.1, 0.15) is 10.4 Å². The van der Waals surface area contributed by atoms with Gasteiger partial charge in [0.15, 0.2) is 5.78 Å². The Hall–Kier alpha value is -0.880. The lowest BCUT2D eigenvalue weighted by molar-refractivity contribution is -0.318. The number of ketones is 1. The van der Waals surface area contributed by atoms with E-state index in [4.69, 9.17) is 0 Å². The summed E-state index contributed by atoms with van der Waals surface area (Å²) >= 11 is 3.06. The number of hydrogen-bond acceptors (Lipinski definition) is 2. The molecule has 82 valence electrons. The number of carbonyl (C=O) groups excluding carboxylic acids is 1. The SMILES string of the molecule is O=C(COC(F)(F)F)c1ccccc1Br. The molecule has 1 rings (SSSR count). The predicted octanol–water partition coefficient (Wildman–Crippen LogP) is 3.17. The van der Waals surface area contributed by atoms with E-state index in [2.05, 4.69) is 20.7 Å². The third kappa shape index (κ3) is 4.01. The van der Waals surface area contributed by atoms with Crippen molar-refractivity contribution in [1.29, 1.82) is 0 Å². The fourth-order valence-electron chi connectivity index (χ4n) is 0.912. The molecule has 0 aliphatic rings. The molecule has 0 aliphatic carbocycles. The molecule has 0 spiro atoms. The maximum absolute atomic E-state index is 11.6. The molecule has 15 heavy (non-hydrogen) atoms. The van der Waals surface area contributed by atoms with Crippen molar-refractivity contribution in [2.75, 3.05) is 6.61 Å². The van der Waals surface area contributed by atoms with Gasteiger partial charge >= 0.3 is 6.36 Å². The van der Waals surface area contributed by atoms with Crippen LogP contribution in [0.3, 0.4) is 0 Å². The van der Waals surface area contributed by atoms with Crippen molar-refractivity contribution in [2.45, 2.75) is 6.36 Å². The van der Waals surface area contributed by atoms with Gasteiger partial charge in [-0.3, -0.25) is 9.53 Å². The van der Waals surface area contributed by atoms with E-state index >= 15 is 0 Å². The van der Waals surface area contributed by atoms with Gasteiger partial charge in [0.05, 0.1) is 0 Å². The first-order valence-electron chi connectivity index (χ1n) is 3.88. The van der Waals surface area contributed by atoms with Crippen LogP contribution in [0.4, 0.5) is 13.2 Å². The van der Waals surface area contributed by atoms with Crippen LogP contribution in [-0.4, -0.2) is 18.8 Å². The van der Waals surface area contributed by atoms with E-state index in [0.717, 1.165) is 0 Å². The molecule has 0 N–H and O–H groups in total. The van der Waals surface area contributed by atoms with Crippen LogP contribution in [0.25, 0.3) is 0 Å². The number of carbonyl (C=O) groups is 1. The quantitative estimate of drug-likeness (QED) is 0.796. The molecule has 0 radical (unpaired) electrons. The molecule has 0 heterocycles. The molecule has 1 aromatic carbocycles. The summed E-state index contributed by atoms with van der Waals surface area (Å²) in [6.45, 7) is -1.01. The van der Waals surface area contributed by atoms with Gasteiger partial charge in [0, 0.05) is 10.0 Å². The van der Waals surface area contributed by atoms with E-state index in [1.165, 1.54) is 6.07 Å². The van der Waals surface area contributed by atoms with E-state index < -0.39 is 18.8 Å². The first-order valence-corrected chi connectivity index (χ1v) is 4.68. The van der Waals surface area contributed by atoms with Crippen molar-refractivity contribution >= 4 is 21.7 Å². The first-order chi connectivity index (χ1) is 6.90. The zero-order chi connectivity index (χ0) is 11.5. The average Bonchev–Trinajstić information content (AvgIpc) is 2.14. The summed E-state index contributed by atoms with van der Waals surface area (Å²) in [6, 6.07) is 6.21. The lowest BCUT2D eigenvalue weighted by Crippen LogP contribution is -2.19. The van der Waals surface area contributed by atoms with Crippen LogP contribution in [0, 0.1) is 0 Å². The van der Waals surface area contributed by atoms with Crippen LogP contribution in [0.15, 0.2) is 28.7 Å². The minimum Gasteiger partial charge on any atom is -0.292 e. The highest BCUT2D eigenvalue weighted by molar-refractivity contribution is 9.10. The largest absolute Gasteiger partial charge is 0.522 e. The second kappa shape index (κ2) is 4.76. The molecule has 0 aliphatic heterocycles. The Kier molecular flexibility index (Phi) is 3.87. The zero-order valence-corrected chi connectivity index (χ0v) is 8.93. The van der Waals surface area contributed by atoms with Crippen LogP contribution >= 0.6 is 15.9 Å². The summed E-state index contributed by atoms with van der Waals surface area (Å²) in [5.74, 6) is -0.722. The number of alkyl halides is 3. The van der Waals surface area contributed by atoms with Crippen LogP contribution < -0.4 is 0 Å². The average molecular weight is 283 g/mol. The second-order valence-corrected chi connectivity index (χ2v) is 3.49. The van der Waals surface area contributed by atoms with Gasteiger partial charge in [0.1, 0.15) is 6.61 Å². The Balaban J connectivity index is 2.66. The Morgan fingerprint density at radius 1 is 1.33 bits per heavy atom. The summed E-state index contributed by atoms with van der Waals surface area (Å²) in [5, 5.41) is 0.